The minimum Gasteiger partial charge on any atom is -0.353 e. The highest BCUT2D eigenvalue weighted by atomic mass is 16.1. The van der Waals surface area contributed by atoms with Crippen LogP contribution in [0.2, 0.25) is 0 Å². The Morgan fingerprint density at radius 2 is 1.84 bits per heavy atom. The summed E-state index contributed by atoms with van der Waals surface area (Å²) in [6.45, 7) is 6.18. The zero-order valence-electron chi connectivity index (χ0n) is 11.9. The molecule has 104 valence electrons. The van der Waals surface area contributed by atoms with E-state index < -0.39 is 0 Å². The third-order valence-electron chi connectivity index (χ3n) is 4.16. The number of hydrogen-bond donors (Lipinski definition) is 2. The Hall–Kier alpha value is -1.35. The first-order valence-electron chi connectivity index (χ1n) is 7.24. The van der Waals surface area contributed by atoms with E-state index >= 15 is 0 Å². The molecule has 1 heterocycles. The van der Waals surface area contributed by atoms with Gasteiger partial charge in [-0.05, 0) is 38.4 Å². The molecule has 1 aliphatic rings. The molecule has 1 aliphatic heterocycles. The fourth-order valence-corrected chi connectivity index (χ4v) is 2.60. The predicted octanol–water partition coefficient (Wildman–Crippen LogP) is 2.29. The average molecular weight is 260 g/mol. The van der Waals surface area contributed by atoms with Gasteiger partial charge in [0.2, 0.25) is 5.91 Å². The maximum Gasteiger partial charge on any atom is 0.223 e. The number of nitrogens with one attached hydrogen (secondary N) is 2. The van der Waals surface area contributed by atoms with Gasteiger partial charge in [0.25, 0.3) is 0 Å². The van der Waals surface area contributed by atoms with E-state index in [4.69, 9.17) is 0 Å². The highest BCUT2D eigenvalue weighted by molar-refractivity contribution is 5.79. The minimum absolute atomic E-state index is 0.171. The van der Waals surface area contributed by atoms with Gasteiger partial charge in [-0.2, -0.15) is 0 Å². The molecule has 2 N–H and O–H groups in total. The number of hydrogen-bond acceptors (Lipinski definition) is 2. The summed E-state index contributed by atoms with van der Waals surface area (Å²) in [5.74, 6) is 0.746. The number of carbonyl (C=O) groups is 1. The van der Waals surface area contributed by atoms with Gasteiger partial charge in [-0.3, -0.25) is 4.79 Å². The number of piperidine rings is 1. The molecule has 1 aromatic carbocycles. The second kappa shape index (κ2) is 6.71. The Labute approximate surface area is 115 Å². The van der Waals surface area contributed by atoms with E-state index in [2.05, 4.69) is 36.6 Å². The van der Waals surface area contributed by atoms with Gasteiger partial charge >= 0.3 is 0 Å². The lowest BCUT2D eigenvalue weighted by Gasteiger charge is -2.26. The topological polar surface area (TPSA) is 41.1 Å². The molecule has 0 aromatic heterocycles. The van der Waals surface area contributed by atoms with Crippen LogP contribution in [0.1, 0.15) is 38.2 Å². The van der Waals surface area contributed by atoms with Crippen molar-refractivity contribution in [3.8, 4) is 0 Å². The normalized spacial score (nSPS) is 19.7. The van der Waals surface area contributed by atoms with Crippen LogP contribution in [0, 0.1) is 5.92 Å². The summed E-state index contributed by atoms with van der Waals surface area (Å²) in [5.41, 5.74) is 1.28. The summed E-state index contributed by atoms with van der Waals surface area (Å²) >= 11 is 0. The van der Waals surface area contributed by atoms with Crippen molar-refractivity contribution in [1.82, 2.24) is 10.6 Å². The van der Waals surface area contributed by atoms with Gasteiger partial charge in [0, 0.05) is 17.9 Å². The van der Waals surface area contributed by atoms with Gasteiger partial charge in [-0.15, -0.1) is 0 Å². The van der Waals surface area contributed by atoms with Crippen molar-refractivity contribution in [3.05, 3.63) is 35.9 Å². The smallest absolute Gasteiger partial charge is 0.223 e. The highest BCUT2D eigenvalue weighted by Crippen LogP contribution is 2.20. The Bertz CT molecular complexity index is 398. The maximum atomic E-state index is 12.2. The quantitative estimate of drug-likeness (QED) is 0.872. The Kier molecular flexibility index (Phi) is 4.97. The lowest BCUT2D eigenvalue weighted by atomic mass is 9.92. The van der Waals surface area contributed by atoms with Crippen molar-refractivity contribution in [3.63, 3.8) is 0 Å². The molecular formula is C16H24N2O. The van der Waals surface area contributed by atoms with Crippen LogP contribution in [-0.2, 0) is 4.79 Å². The van der Waals surface area contributed by atoms with Crippen LogP contribution in [-0.4, -0.2) is 25.0 Å². The van der Waals surface area contributed by atoms with Crippen molar-refractivity contribution < 1.29 is 4.79 Å². The van der Waals surface area contributed by atoms with Crippen molar-refractivity contribution in [2.45, 2.75) is 38.6 Å². The number of amides is 1. The summed E-state index contributed by atoms with van der Waals surface area (Å²) in [6.07, 6.45) is 1.91. The largest absolute Gasteiger partial charge is 0.353 e. The first-order valence-corrected chi connectivity index (χ1v) is 7.24. The van der Waals surface area contributed by atoms with Gasteiger partial charge in [0.1, 0.15) is 0 Å². The van der Waals surface area contributed by atoms with Gasteiger partial charge in [0.15, 0.2) is 0 Å². The molecule has 0 radical (unpaired) electrons. The summed E-state index contributed by atoms with van der Waals surface area (Å²) < 4.78 is 0. The highest BCUT2D eigenvalue weighted by Gasteiger charge is 2.24. The van der Waals surface area contributed by atoms with Crippen LogP contribution in [0.5, 0.6) is 0 Å². The number of carbonyl (C=O) groups excluding carboxylic acids is 1. The van der Waals surface area contributed by atoms with E-state index in [1.807, 2.05) is 18.2 Å². The SMILES string of the molecule is CC(NC(=O)C1CCNCC1)C(C)c1ccccc1. The van der Waals surface area contributed by atoms with E-state index in [9.17, 15) is 4.79 Å². The van der Waals surface area contributed by atoms with Gasteiger partial charge < -0.3 is 10.6 Å². The van der Waals surface area contributed by atoms with Crippen LogP contribution < -0.4 is 10.6 Å². The molecule has 3 heteroatoms. The third kappa shape index (κ3) is 3.80. The van der Waals surface area contributed by atoms with E-state index in [1.165, 1.54) is 5.56 Å². The zero-order chi connectivity index (χ0) is 13.7. The van der Waals surface area contributed by atoms with Gasteiger partial charge in [-0.25, -0.2) is 0 Å². The lowest BCUT2D eigenvalue weighted by Crippen LogP contribution is -2.43. The summed E-state index contributed by atoms with van der Waals surface area (Å²) in [6, 6.07) is 10.5. The summed E-state index contributed by atoms with van der Waals surface area (Å²) in [5, 5.41) is 6.47. The fourth-order valence-electron chi connectivity index (χ4n) is 2.60. The molecular weight excluding hydrogens is 236 g/mol. The monoisotopic (exact) mass is 260 g/mol. The molecule has 0 spiro atoms. The Balaban J connectivity index is 1.89. The van der Waals surface area contributed by atoms with Crippen molar-refractivity contribution in [2.24, 2.45) is 5.92 Å². The molecule has 1 aromatic rings. The van der Waals surface area contributed by atoms with Gasteiger partial charge in [-0.1, -0.05) is 37.3 Å². The standard InChI is InChI=1S/C16H24N2O/c1-12(14-6-4-3-5-7-14)13(2)18-16(19)15-8-10-17-11-9-15/h3-7,12-13,15,17H,8-11H2,1-2H3,(H,18,19). The first kappa shape index (κ1) is 14.1. The minimum atomic E-state index is 0.171. The lowest BCUT2D eigenvalue weighted by molar-refractivity contribution is -0.126. The third-order valence-corrected chi connectivity index (χ3v) is 4.16. The summed E-state index contributed by atoms with van der Waals surface area (Å²) in [4.78, 5) is 12.2. The molecule has 1 amide bonds. The van der Waals surface area contributed by atoms with Crippen LogP contribution in [0.3, 0.4) is 0 Å². The van der Waals surface area contributed by atoms with E-state index in [1.54, 1.807) is 0 Å². The molecule has 1 fully saturated rings. The van der Waals surface area contributed by atoms with Crippen LogP contribution in [0.4, 0.5) is 0 Å². The molecule has 2 unspecified atom stereocenters. The van der Waals surface area contributed by atoms with E-state index in [-0.39, 0.29) is 17.9 Å². The molecule has 19 heavy (non-hydrogen) atoms. The molecule has 3 nitrogen and oxygen atoms in total. The second-order valence-electron chi connectivity index (χ2n) is 5.52. The molecule has 0 bridgehead atoms. The molecule has 1 saturated heterocycles. The van der Waals surface area contributed by atoms with Gasteiger partial charge in [0.05, 0.1) is 0 Å². The number of benzene rings is 1. The van der Waals surface area contributed by atoms with Crippen LogP contribution in [0.15, 0.2) is 30.3 Å². The number of rotatable bonds is 4. The van der Waals surface area contributed by atoms with Crippen LogP contribution >= 0.6 is 0 Å². The van der Waals surface area contributed by atoms with Crippen molar-refractivity contribution >= 4 is 5.91 Å². The maximum absolute atomic E-state index is 12.2. The van der Waals surface area contributed by atoms with Crippen molar-refractivity contribution in [2.75, 3.05) is 13.1 Å². The predicted molar refractivity (Wildman–Crippen MR) is 78.1 cm³/mol. The molecule has 0 saturated carbocycles. The first-order chi connectivity index (χ1) is 9.18. The van der Waals surface area contributed by atoms with E-state index in [0.29, 0.717) is 5.92 Å². The Morgan fingerprint density at radius 3 is 2.47 bits per heavy atom. The van der Waals surface area contributed by atoms with E-state index in [0.717, 1.165) is 25.9 Å². The Morgan fingerprint density at radius 1 is 1.21 bits per heavy atom. The van der Waals surface area contributed by atoms with Crippen molar-refractivity contribution in [1.29, 1.82) is 0 Å². The zero-order valence-corrected chi connectivity index (χ0v) is 11.9. The molecule has 0 aliphatic carbocycles. The molecule has 2 atom stereocenters. The van der Waals surface area contributed by atoms with Crippen LogP contribution in [0.25, 0.3) is 0 Å². The fraction of sp³-hybridized carbons (Fsp3) is 0.562. The second-order valence-corrected chi connectivity index (χ2v) is 5.52. The average Bonchev–Trinajstić information content (AvgIpc) is 2.48. The summed E-state index contributed by atoms with van der Waals surface area (Å²) in [7, 11) is 0. The molecule has 2 rings (SSSR count).